The summed E-state index contributed by atoms with van der Waals surface area (Å²) in [6, 6.07) is 14.1. The van der Waals surface area contributed by atoms with Gasteiger partial charge in [-0.1, -0.05) is 31.2 Å². The maximum absolute atomic E-state index is 12.9. The molecule has 1 aliphatic rings. The number of amides is 1. The molecule has 1 fully saturated rings. The van der Waals surface area contributed by atoms with Crippen molar-refractivity contribution >= 4 is 17.2 Å². The lowest BCUT2D eigenvalue weighted by Crippen LogP contribution is -2.41. The van der Waals surface area contributed by atoms with Crippen molar-refractivity contribution < 1.29 is 4.79 Å². The van der Waals surface area contributed by atoms with Crippen LogP contribution in [-0.2, 0) is 0 Å². The number of hydrogen-bond donors (Lipinski definition) is 1. The molecule has 1 N–H and O–H groups in total. The molecule has 29 heavy (non-hydrogen) atoms. The highest BCUT2D eigenvalue weighted by molar-refractivity contribution is 7.10. The third-order valence-corrected chi connectivity index (χ3v) is 6.54. The molecular formula is C22H27N5OS. The normalized spacial score (nSPS) is 16.6. The van der Waals surface area contributed by atoms with E-state index in [0.717, 1.165) is 24.7 Å². The minimum Gasteiger partial charge on any atom is -0.349 e. The lowest BCUT2D eigenvalue weighted by atomic mass is 9.97. The minimum atomic E-state index is -0.170. The minimum absolute atomic E-state index is 0.170. The standard InChI is InChI=1S/C22H27N5OS/c1-16-10-12-26(13-11-16)19(20-9-6-14-29-20)15-23-22(28)21-17(2)24-27(25-21)18-7-4-3-5-8-18/h3-9,14,16,19H,10-13,15H2,1-2H3,(H,23,28)/t19-/m1/s1. The molecule has 0 radical (unpaired) electrons. The summed E-state index contributed by atoms with van der Waals surface area (Å²) in [5.41, 5.74) is 1.85. The number of hydrogen-bond acceptors (Lipinski definition) is 5. The summed E-state index contributed by atoms with van der Waals surface area (Å²) in [4.78, 5) is 18.2. The Labute approximate surface area is 175 Å². The molecule has 1 aromatic carbocycles. The fourth-order valence-electron chi connectivity index (χ4n) is 3.77. The number of nitrogens with zero attached hydrogens (tertiary/aromatic N) is 4. The van der Waals surface area contributed by atoms with E-state index in [1.165, 1.54) is 22.5 Å². The largest absolute Gasteiger partial charge is 0.349 e. The number of carbonyl (C=O) groups excluding carboxylic acids is 1. The number of benzene rings is 1. The summed E-state index contributed by atoms with van der Waals surface area (Å²) in [6.07, 6.45) is 2.42. The van der Waals surface area contributed by atoms with Gasteiger partial charge >= 0.3 is 0 Å². The van der Waals surface area contributed by atoms with Gasteiger partial charge in [0.25, 0.3) is 5.91 Å². The Morgan fingerprint density at radius 1 is 1.17 bits per heavy atom. The number of carbonyl (C=O) groups is 1. The van der Waals surface area contributed by atoms with Crippen LogP contribution < -0.4 is 5.32 Å². The van der Waals surface area contributed by atoms with E-state index in [4.69, 9.17) is 0 Å². The second-order valence-corrected chi connectivity index (χ2v) is 8.70. The van der Waals surface area contributed by atoms with Crippen LogP contribution in [0.3, 0.4) is 0 Å². The van der Waals surface area contributed by atoms with Gasteiger partial charge in [-0.25, -0.2) is 0 Å². The number of aryl methyl sites for hydroxylation is 1. The number of likely N-dealkylation sites (tertiary alicyclic amines) is 1. The Morgan fingerprint density at radius 3 is 2.62 bits per heavy atom. The van der Waals surface area contributed by atoms with Crippen LogP contribution in [0.4, 0.5) is 0 Å². The van der Waals surface area contributed by atoms with Gasteiger partial charge in [0.2, 0.25) is 0 Å². The van der Waals surface area contributed by atoms with Gasteiger partial charge in [0.15, 0.2) is 5.69 Å². The van der Waals surface area contributed by atoms with Crippen LogP contribution in [0.5, 0.6) is 0 Å². The number of thiophene rings is 1. The maximum Gasteiger partial charge on any atom is 0.273 e. The molecule has 0 saturated carbocycles. The third-order valence-electron chi connectivity index (χ3n) is 5.57. The van der Waals surface area contributed by atoms with Crippen molar-refractivity contribution in [1.29, 1.82) is 0 Å². The van der Waals surface area contributed by atoms with E-state index in [1.807, 2.05) is 37.3 Å². The summed E-state index contributed by atoms with van der Waals surface area (Å²) in [5.74, 6) is 0.608. The Kier molecular flexibility index (Phi) is 6.06. The quantitative estimate of drug-likeness (QED) is 0.672. The molecule has 0 spiro atoms. The molecule has 4 rings (SSSR count). The van der Waals surface area contributed by atoms with E-state index >= 15 is 0 Å². The number of rotatable bonds is 6. The van der Waals surface area contributed by atoms with Crippen LogP contribution in [0.2, 0.25) is 0 Å². The van der Waals surface area contributed by atoms with Crippen molar-refractivity contribution in [3.8, 4) is 5.69 Å². The Hall–Kier alpha value is -2.51. The fraction of sp³-hybridized carbons (Fsp3) is 0.409. The molecular weight excluding hydrogens is 382 g/mol. The van der Waals surface area contributed by atoms with Gasteiger partial charge in [-0.05, 0) is 62.4 Å². The van der Waals surface area contributed by atoms with Gasteiger partial charge in [-0.2, -0.15) is 9.90 Å². The molecule has 2 aromatic heterocycles. The predicted octanol–water partition coefficient (Wildman–Crippen LogP) is 3.84. The average Bonchev–Trinajstić information content (AvgIpc) is 3.40. The van der Waals surface area contributed by atoms with Gasteiger partial charge in [-0.3, -0.25) is 9.69 Å². The Bertz CT molecular complexity index is 930. The SMILES string of the molecule is Cc1nn(-c2ccccc2)nc1C(=O)NC[C@H](c1cccs1)N1CCC(C)CC1. The molecule has 1 saturated heterocycles. The summed E-state index contributed by atoms with van der Waals surface area (Å²) in [7, 11) is 0. The van der Waals surface area contributed by atoms with Crippen molar-refractivity contribution in [1.82, 2.24) is 25.2 Å². The monoisotopic (exact) mass is 409 g/mol. The third kappa shape index (κ3) is 4.57. The maximum atomic E-state index is 12.9. The number of piperidine rings is 1. The van der Waals surface area contributed by atoms with Gasteiger partial charge < -0.3 is 5.32 Å². The highest BCUT2D eigenvalue weighted by Crippen LogP contribution is 2.29. The summed E-state index contributed by atoms with van der Waals surface area (Å²) >= 11 is 1.75. The molecule has 0 unspecified atom stereocenters. The van der Waals surface area contributed by atoms with Crippen LogP contribution >= 0.6 is 11.3 Å². The average molecular weight is 410 g/mol. The van der Waals surface area contributed by atoms with E-state index in [0.29, 0.717) is 17.9 Å². The number of nitrogens with one attached hydrogen (secondary N) is 1. The van der Waals surface area contributed by atoms with Crippen LogP contribution in [0.25, 0.3) is 5.69 Å². The van der Waals surface area contributed by atoms with Gasteiger partial charge in [-0.15, -0.1) is 16.4 Å². The fourth-order valence-corrected chi connectivity index (χ4v) is 4.63. The zero-order chi connectivity index (χ0) is 20.2. The summed E-state index contributed by atoms with van der Waals surface area (Å²) in [5, 5.41) is 14.1. The van der Waals surface area contributed by atoms with E-state index < -0.39 is 0 Å². The van der Waals surface area contributed by atoms with E-state index in [2.05, 4.69) is 44.9 Å². The van der Waals surface area contributed by atoms with Crippen molar-refractivity contribution in [3.05, 3.63) is 64.1 Å². The van der Waals surface area contributed by atoms with Crippen LogP contribution in [0.15, 0.2) is 47.8 Å². The van der Waals surface area contributed by atoms with Crippen LogP contribution in [-0.4, -0.2) is 45.4 Å². The summed E-state index contributed by atoms with van der Waals surface area (Å²) in [6.45, 7) is 6.86. The van der Waals surface area contributed by atoms with Gasteiger partial charge in [0.05, 0.1) is 17.4 Å². The molecule has 1 aliphatic heterocycles. The first-order valence-corrected chi connectivity index (χ1v) is 11.0. The van der Waals surface area contributed by atoms with Crippen molar-refractivity contribution in [2.75, 3.05) is 19.6 Å². The lowest BCUT2D eigenvalue weighted by molar-refractivity contribution is 0.0909. The van der Waals surface area contributed by atoms with Gasteiger partial charge in [0, 0.05) is 11.4 Å². The van der Waals surface area contributed by atoms with E-state index in [-0.39, 0.29) is 11.9 Å². The number of aromatic nitrogens is 3. The highest BCUT2D eigenvalue weighted by atomic mass is 32.1. The molecule has 3 heterocycles. The zero-order valence-electron chi connectivity index (χ0n) is 16.9. The lowest BCUT2D eigenvalue weighted by Gasteiger charge is -2.36. The van der Waals surface area contributed by atoms with Crippen LogP contribution in [0, 0.1) is 12.8 Å². The first-order valence-electron chi connectivity index (χ1n) is 10.2. The van der Waals surface area contributed by atoms with E-state index in [9.17, 15) is 4.79 Å². The smallest absolute Gasteiger partial charge is 0.273 e. The molecule has 1 amide bonds. The molecule has 1 atom stereocenters. The highest BCUT2D eigenvalue weighted by Gasteiger charge is 2.26. The first-order chi connectivity index (χ1) is 14.1. The van der Waals surface area contributed by atoms with Crippen molar-refractivity contribution in [2.24, 2.45) is 5.92 Å². The Balaban J connectivity index is 1.46. The summed E-state index contributed by atoms with van der Waals surface area (Å²) < 4.78 is 0. The first kappa shape index (κ1) is 19.8. The molecule has 3 aromatic rings. The molecule has 0 bridgehead atoms. The van der Waals surface area contributed by atoms with E-state index in [1.54, 1.807) is 11.3 Å². The topological polar surface area (TPSA) is 63.1 Å². The Morgan fingerprint density at radius 2 is 1.93 bits per heavy atom. The molecule has 7 heteroatoms. The zero-order valence-corrected chi connectivity index (χ0v) is 17.7. The second kappa shape index (κ2) is 8.88. The van der Waals surface area contributed by atoms with Crippen molar-refractivity contribution in [2.45, 2.75) is 32.7 Å². The number of para-hydroxylation sites is 1. The van der Waals surface area contributed by atoms with Gasteiger partial charge in [0.1, 0.15) is 0 Å². The predicted molar refractivity (Wildman–Crippen MR) is 115 cm³/mol. The molecule has 0 aliphatic carbocycles. The second-order valence-electron chi connectivity index (χ2n) is 7.72. The molecule has 152 valence electrons. The molecule has 6 nitrogen and oxygen atoms in total. The van der Waals surface area contributed by atoms with Crippen LogP contribution in [0.1, 0.15) is 46.9 Å². The van der Waals surface area contributed by atoms with Crippen molar-refractivity contribution in [3.63, 3.8) is 0 Å².